The predicted molar refractivity (Wildman–Crippen MR) is 104 cm³/mol. The lowest BCUT2D eigenvalue weighted by Crippen LogP contribution is -2.41. The zero-order valence-corrected chi connectivity index (χ0v) is 16.9. The van der Waals surface area contributed by atoms with Crippen molar-refractivity contribution in [1.29, 1.82) is 0 Å². The first kappa shape index (κ1) is 22.0. The van der Waals surface area contributed by atoms with E-state index in [-0.39, 0.29) is 0 Å². The molecular weight excluding hydrogens is 404 g/mol. The summed E-state index contributed by atoms with van der Waals surface area (Å²) >= 11 is 0. The third-order valence-electron chi connectivity index (χ3n) is 5.24. The van der Waals surface area contributed by atoms with Gasteiger partial charge >= 0.3 is 12.2 Å². The molecule has 9 heteroatoms. The summed E-state index contributed by atoms with van der Waals surface area (Å²) in [6.07, 6.45) is -5.22. The van der Waals surface area contributed by atoms with Gasteiger partial charge in [0.15, 0.2) is 6.29 Å². The van der Waals surface area contributed by atoms with Crippen LogP contribution in [0.25, 0.3) is 0 Å². The van der Waals surface area contributed by atoms with E-state index in [9.17, 15) is 22.4 Å². The van der Waals surface area contributed by atoms with E-state index < -0.39 is 46.8 Å². The summed E-state index contributed by atoms with van der Waals surface area (Å²) in [5, 5.41) is 4.53. The van der Waals surface area contributed by atoms with Gasteiger partial charge in [-0.1, -0.05) is 12.1 Å². The normalized spacial score (nSPS) is 18.3. The summed E-state index contributed by atoms with van der Waals surface area (Å²) in [6.45, 7) is 7.72. The first-order valence-corrected chi connectivity index (χ1v) is 9.19. The molecule has 0 saturated carbocycles. The summed E-state index contributed by atoms with van der Waals surface area (Å²) in [4.78, 5) is 12.1. The highest BCUT2D eigenvalue weighted by Crippen LogP contribution is 2.44. The van der Waals surface area contributed by atoms with Crippen LogP contribution < -0.4 is 10.6 Å². The van der Waals surface area contributed by atoms with Crippen molar-refractivity contribution in [2.45, 2.75) is 51.4 Å². The van der Waals surface area contributed by atoms with Gasteiger partial charge in [0.2, 0.25) is 0 Å². The molecule has 0 aromatic heterocycles. The van der Waals surface area contributed by atoms with E-state index in [1.54, 1.807) is 24.3 Å². The Labute approximate surface area is 171 Å². The number of alkyl halides is 3. The van der Waals surface area contributed by atoms with E-state index in [0.29, 0.717) is 23.9 Å². The molecule has 1 heterocycles. The fraction of sp³-hybridized carbons (Fsp3) is 0.381. The molecule has 5 nitrogen and oxygen atoms in total. The Morgan fingerprint density at radius 3 is 2.03 bits per heavy atom. The van der Waals surface area contributed by atoms with Gasteiger partial charge in [-0.2, -0.15) is 13.2 Å². The second-order valence-electron chi connectivity index (χ2n) is 7.98. The second kappa shape index (κ2) is 7.55. The zero-order valence-electron chi connectivity index (χ0n) is 16.9. The van der Waals surface area contributed by atoms with Crippen LogP contribution in [0.15, 0.2) is 42.5 Å². The Hall–Kier alpha value is -2.65. The number of nitrogens with one attached hydrogen (secondary N) is 2. The molecule has 30 heavy (non-hydrogen) atoms. The lowest BCUT2D eigenvalue weighted by molar-refractivity contribution is -0.137. The van der Waals surface area contributed by atoms with E-state index in [1.807, 2.05) is 27.7 Å². The maximum atomic E-state index is 13.8. The molecule has 2 aromatic rings. The van der Waals surface area contributed by atoms with Crippen LogP contribution >= 0.6 is 0 Å². The standard InChI is InChI=1S/C21H22F4N2O3/c1-19(2)20(3,4)30-17(29-19)12-5-8-14(9-6-12)26-18(28)27-16-11-13(21(23,24)25)7-10-15(16)22/h5-11,17H,1-4H3,(H2,26,27,28). The molecule has 1 fully saturated rings. The van der Waals surface area contributed by atoms with Gasteiger partial charge in [0.05, 0.1) is 22.5 Å². The quantitative estimate of drug-likeness (QED) is 0.584. The van der Waals surface area contributed by atoms with Crippen LogP contribution in [0.3, 0.4) is 0 Å². The van der Waals surface area contributed by atoms with Crippen LogP contribution in [0.1, 0.15) is 45.1 Å². The maximum absolute atomic E-state index is 13.8. The van der Waals surface area contributed by atoms with Gasteiger partial charge in [-0.05, 0) is 58.0 Å². The van der Waals surface area contributed by atoms with E-state index in [4.69, 9.17) is 9.47 Å². The number of amides is 2. The van der Waals surface area contributed by atoms with Crippen LogP contribution in [-0.2, 0) is 15.7 Å². The summed E-state index contributed by atoms with van der Waals surface area (Å²) in [5.41, 5.74) is -1.53. The van der Waals surface area contributed by atoms with Crippen LogP contribution in [0.5, 0.6) is 0 Å². The minimum atomic E-state index is -4.65. The molecule has 162 valence electrons. The van der Waals surface area contributed by atoms with Crippen LogP contribution in [0.4, 0.5) is 33.7 Å². The fourth-order valence-electron chi connectivity index (χ4n) is 2.78. The highest BCUT2D eigenvalue weighted by molar-refractivity contribution is 5.99. The Balaban J connectivity index is 1.66. The van der Waals surface area contributed by atoms with Crippen LogP contribution in [0.2, 0.25) is 0 Å². The fourth-order valence-corrected chi connectivity index (χ4v) is 2.78. The van der Waals surface area contributed by atoms with Gasteiger partial charge in [0.25, 0.3) is 0 Å². The Morgan fingerprint density at radius 1 is 0.933 bits per heavy atom. The van der Waals surface area contributed by atoms with Gasteiger partial charge in [-0.15, -0.1) is 0 Å². The van der Waals surface area contributed by atoms with Crippen molar-refractivity contribution in [3.63, 3.8) is 0 Å². The maximum Gasteiger partial charge on any atom is 0.416 e. The topological polar surface area (TPSA) is 59.6 Å². The van der Waals surface area contributed by atoms with E-state index >= 15 is 0 Å². The van der Waals surface area contributed by atoms with Gasteiger partial charge in [-0.3, -0.25) is 0 Å². The number of ether oxygens (including phenoxy) is 2. The average Bonchev–Trinajstić information content (AvgIpc) is 2.84. The molecule has 0 aliphatic carbocycles. The molecule has 0 bridgehead atoms. The first-order chi connectivity index (χ1) is 13.8. The lowest BCUT2D eigenvalue weighted by Gasteiger charge is -2.30. The van der Waals surface area contributed by atoms with E-state index in [2.05, 4.69) is 10.6 Å². The monoisotopic (exact) mass is 426 g/mol. The number of benzene rings is 2. The number of carbonyl (C=O) groups is 1. The minimum Gasteiger partial charge on any atom is -0.339 e. The van der Waals surface area contributed by atoms with Crippen LogP contribution in [-0.4, -0.2) is 17.2 Å². The number of rotatable bonds is 3. The summed E-state index contributed by atoms with van der Waals surface area (Å²) in [5.74, 6) is -0.978. The lowest BCUT2D eigenvalue weighted by atomic mass is 9.90. The van der Waals surface area contributed by atoms with E-state index in [0.717, 1.165) is 5.56 Å². The molecule has 2 amide bonds. The molecule has 3 rings (SSSR count). The molecule has 1 saturated heterocycles. The number of hydrogen-bond acceptors (Lipinski definition) is 3. The van der Waals surface area contributed by atoms with Gasteiger partial charge in [-0.25, -0.2) is 9.18 Å². The third-order valence-corrected chi connectivity index (χ3v) is 5.24. The predicted octanol–water partition coefficient (Wildman–Crippen LogP) is 6.09. The van der Waals surface area contributed by atoms with Gasteiger partial charge in [0.1, 0.15) is 5.82 Å². The smallest absolute Gasteiger partial charge is 0.339 e. The van der Waals surface area contributed by atoms with Crippen molar-refractivity contribution < 1.29 is 31.8 Å². The molecule has 2 N–H and O–H groups in total. The van der Waals surface area contributed by atoms with Crippen molar-refractivity contribution >= 4 is 17.4 Å². The minimum absolute atomic E-state index is 0.361. The number of urea groups is 1. The number of halogens is 4. The molecular formula is C21H22F4N2O3. The molecule has 0 unspecified atom stereocenters. The first-order valence-electron chi connectivity index (χ1n) is 9.19. The Kier molecular flexibility index (Phi) is 5.55. The summed E-state index contributed by atoms with van der Waals surface area (Å²) in [6, 6.07) is 7.48. The number of anilines is 2. The molecule has 0 radical (unpaired) electrons. The van der Waals surface area contributed by atoms with Gasteiger partial charge in [0, 0.05) is 11.3 Å². The Morgan fingerprint density at radius 2 is 1.50 bits per heavy atom. The van der Waals surface area contributed by atoms with E-state index in [1.165, 1.54) is 0 Å². The molecule has 1 aliphatic heterocycles. The van der Waals surface area contributed by atoms with Gasteiger partial charge < -0.3 is 20.1 Å². The van der Waals surface area contributed by atoms with Crippen molar-refractivity contribution in [1.82, 2.24) is 0 Å². The summed E-state index contributed by atoms with van der Waals surface area (Å²) < 4.78 is 64.0. The Bertz CT molecular complexity index is 924. The van der Waals surface area contributed by atoms with Crippen LogP contribution in [0, 0.1) is 5.82 Å². The van der Waals surface area contributed by atoms with Crippen molar-refractivity contribution in [3.8, 4) is 0 Å². The molecule has 0 spiro atoms. The molecule has 2 aromatic carbocycles. The third kappa shape index (κ3) is 4.57. The average molecular weight is 426 g/mol. The largest absolute Gasteiger partial charge is 0.416 e. The highest BCUT2D eigenvalue weighted by Gasteiger charge is 2.49. The SMILES string of the molecule is CC1(C)OC(c2ccc(NC(=O)Nc3cc(C(F)(F)F)ccc3F)cc2)OC1(C)C. The number of hydrogen-bond donors (Lipinski definition) is 2. The summed E-state index contributed by atoms with van der Waals surface area (Å²) in [7, 11) is 0. The molecule has 1 aliphatic rings. The highest BCUT2D eigenvalue weighted by atomic mass is 19.4. The van der Waals surface area contributed by atoms with Crippen molar-refractivity contribution in [2.75, 3.05) is 10.6 Å². The molecule has 0 atom stereocenters. The van der Waals surface area contributed by atoms with Crippen molar-refractivity contribution in [3.05, 3.63) is 59.4 Å². The number of carbonyl (C=O) groups excluding carboxylic acids is 1. The zero-order chi connectivity index (χ0) is 22.3. The van der Waals surface area contributed by atoms with Crippen molar-refractivity contribution in [2.24, 2.45) is 0 Å². The second-order valence-corrected chi connectivity index (χ2v) is 7.98.